The average Bonchev–Trinajstić information content (AvgIpc) is 2.61. The van der Waals surface area contributed by atoms with Crippen molar-refractivity contribution < 1.29 is 0 Å². The molecule has 0 bridgehead atoms. The van der Waals surface area contributed by atoms with Crippen molar-refractivity contribution in [3.05, 3.63) is 55.2 Å². The Morgan fingerprint density at radius 1 is 1.12 bits per heavy atom. The number of benzene rings is 1. The Bertz CT molecular complexity index is 543. The molecule has 0 saturated heterocycles. The summed E-state index contributed by atoms with van der Waals surface area (Å²) in [5.74, 6) is 0. The van der Waals surface area contributed by atoms with Gasteiger partial charge in [-0.1, -0.05) is 44.0 Å². The molecule has 0 radical (unpaired) electrons. The fraction of sp³-hybridized carbons (Fsp3) is 0.286. The van der Waals surface area contributed by atoms with Gasteiger partial charge >= 0.3 is 0 Å². The Balaban J connectivity index is 2.40. The van der Waals surface area contributed by atoms with Crippen molar-refractivity contribution in [3.8, 4) is 0 Å². The molecular formula is C14H14Br2S. The van der Waals surface area contributed by atoms with E-state index in [-0.39, 0.29) is 0 Å². The van der Waals surface area contributed by atoms with E-state index in [2.05, 4.69) is 76.9 Å². The number of hydrogen-bond donors (Lipinski definition) is 0. The molecule has 0 fully saturated rings. The van der Waals surface area contributed by atoms with Gasteiger partial charge in [-0.3, -0.25) is 0 Å². The van der Waals surface area contributed by atoms with Crippen molar-refractivity contribution in [2.45, 2.75) is 25.6 Å². The standard InChI is InChI=1S/C14H14Br2S/c1-8-6-11(4-5-13(8)15)14(16)12-7-9(2)17-10(12)3/h4-7,14H,1-3H3. The Morgan fingerprint density at radius 3 is 2.35 bits per heavy atom. The second kappa shape index (κ2) is 5.25. The summed E-state index contributed by atoms with van der Waals surface area (Å²) in [7, 11) is 0. The summed E-state index contributed by atoms with van der Waals surface area (Å²) in [4.78, 5) is 3.06. The summed E-state index contributed by atoms with van der Waals surface area (Å²) >= 11 is 9.21. The second-order valence-corrected chi connectivity index (χ2v) is 7.47. The Labute approximate surface area is 123 Å². The number of halogens is 2. The van der Waals surface area contributed by atoms with Gasteiger partial charge in [-0.05, 0) is 49.6 Å². The van der Waals surface area contributed by atoms with Gasteiger partial charge in [0.15, 0.2) is 0 Å². The number of rotatable bonds is 2. The highest BCUT2D eigenvalue weighted by Crippen LogP contribution is 2.37. The van der Waals surface area contributed by atoms with Gasteiger partial charge in [0, 0.05) is 14.2 Å². The molecule has 1 heterocycles. The summed E-state index contributed by atoms with van der Waals surface area (Å²) < 4.78 is 1.17. The molecule has 0 nitrogen and oxygen atoms in total. The maximum atomic E-state index is 3.81. The van der Waals surface area contributed by atoms with Crippen LogP contribution in [-0.4, -0.2) is 0 Å². The van der Waals surface area contributed by atoms with E-state index in [1.54, 1.807) is 0 Å². The normalized spacial score (nSPS) is 12.8. The van der Waals surface area contributed by atoms with Gasteiger partial charge < -0.3 is 0 Å². The molecule has 0 aliphatic heterocycles. The Hall–Kier alpha value is -0.120. The molecule has 1 unspecified atom stereocenters. The first-order chi connectivity index (χ1) is 7.99. The third-order valence-corrected chi connectivity index (χ3v) is 5.72. The zero-order valence-corrected chi connectivity index (χ0v) is 14.0. The van der Waals surface area contributed by atoms with Crippen LogP contribution in [-0.2, 0) is 0 Å². The fourth-order valence-corrected chi connectivity index (χ4v) is 4.03. The Morgan fingerprint density at radius 2 is 1.82 bits per heavy atom. The molecule has 0 aliphatic carbocycles. The van der Waals surface area contributed by atoms with Crippen LogP contribution in [0.4, 0.5) is 0 Å². The molecule has 1 aromatic heterocycles. The highest BCUT2D eigenvalue weighted by Gasteiger charge is 2.15. The largest absolute Gasteiger partial charge is 0.146 e. The third kappa shape index (κ3) is 2.83. The van der Waals surface area contributed by atoms with Crippen molar-refractivity contribution in [2.75, 3.05) is 0 Å². The molecule has 1 aromatic carbocycles. The number of alkyl halides is 1. The van der Waals surface area contributed by atoms with Gasteiger partial charge in [0.05, 0.1) is 4.83 Å². The summed E-state index contributed by atoms with van der Waals surface area (Å²) in [6.07, 6.45) is 0. The number of aryl methyl sites for hydroxylation is 3. The highest BCUT2D eigenvalue weighted by molar-refractivity contribution is 9.10. The molecule has 0 amide bonds. The molecule has 0 N–H and O–H groups in total. The first kappa shape index (κ1) is 13.3. The minimum Gasteiger partial charge on any atom is -0.146 e. The molecule has 3 heteroatoms. The molecule has 17 heavy (non-hydrogen) atoms. The predicted octanol–water partition coefficient (Wildman–Crippen LogP) is 5.92. The van der Waals surface area contributed by atoms with E-state index in [9.17, 15) is 0 Å². The van der Waals surface area contributed by atoms with E-state index in [4.69, 9.17) is 0 Å². The lowest BCUT2D eigenvalue weighted by Gasteiger charge is -2.11. The van der Waals surface area contributed by atoms with Crippen LogP contribution in [0.3, 0.4) is 0 Å². The maximum Gasteiger partial charge on any atom is 0.0655 e. The van der Waals surface area contributed by atoms with Crippen molar-refractivity contribution in [1.29, 1.82) is 0 Å². The van der Waals surface area contributed by atoms with Gasteiger partial charge in [-0.2, -0.15) is 0 Å². The lowest BCUT2D eigenvalue weighted by atomic mass is 10.0. The Kier molecular flexibility index (Phi) is 4.11. The zero-order valence-electron chi connectivity index (χ0n) is 10.1. The molecule has 2 aromatic rings. The van der Waals surface area contributed by atoms with E-state index < -0.39 is 0 Å². The van der Waals surface area contributed by atoms with Crippen molar-refractivity contribution in [3.63, 3.8) is 0 Å². The molecule has 0 aliphatic rings. The highest BCUT2D eigenvalue weighted by atomic mass is 79.9. The summed E-state index contributed by atoms with van der Waals surface area (Å²) in [6.45, 7) is 6.47. The lowest BCUT2D eigenvalue weighted by Crippen LogP contribution is -1.93. The van der Waals surface area contributed by atoms with Gasteiger partial charge in [0.2, 0.25) is 0 Å². The first-order valence-corrected chi connectivity index (χ1v) is 7.98. The molecule has 90 valence electrons. The molecular weight excluding hydrogens is 360 g/mol. The lowest BCUT2D eigenvalue weighted by molar-refractivity contribution is 1.15. The zero-order chi connectivity index (χ0) is 12.6. The quantitative estimate of drug-likeness (QED) is 0.573. The van der Waals surface area contributed by atoms with Crippen LogP contribution >= 0.6 is 43.2 Å². The van der Waals surface area contributed by atoms with E-state index in [1.165, 1.54) is 30.9 Å². The van der Waals surface area contributed by atoms with Crippen LogP contribution in [0.15, 0.2) is 28.7 Å². The van der Waals surface area contributed by atoms with Gasteiger partial charge in [-0.25, -0.2) is 0 Å². The fourth-order valence-electron chi connectivity index (χ4n) is 1.91. The van der Waals surface area contributed by atoms with Crippen molar-refractivity contribution in [1.82, 2.24) is 0 Å². The van der Waals surface area contributed by atoms with Crippen LogP contribution in [0, 0.1) is 20.8 Å². The molecule has 2 rings (SSSR count). The number of thiophene rings is 1. The molecule has 0 saturated carbocycles. The van der Waals surface area contributed by atoms with Gasteiger partial charge in [0.1, 0.15) is 0 Å². The van der Waals surface area contributed by atoms with Crippen LogP contribution in [0.25, 0.3) is 0 Å². The van der Waals surface area contributed by atoms with E-state index in [0.29, 0.717) is 4.83 Å². The minimum atomic E-state index is 0.291. The van der Waals surface area contributed by atoms with Crippen LogP contribution in [0.1, 0.15) is 31.3 Å². The minimum absolute atomic E-state index is 0.291. The van der Waals surface area contributed by atoms with E-state index in [1.807, 2.05) is 11.3 Å². The maximum absolute atomic E-state index is 3.81. The SMILES string of the molecule is Cc1cc(C(Br)c2ccc(Br)c(C)c2)c(C)s1. The first-order valence-electron chi connectivity index (χ1n) is 5.46. The number of hydrogen-bond acceptors (Lipinski definition) is 1. The second-order valence-electron chi connectivity index (χ2n) is 4.24. The van der Waals surface area contributed by atoms with Crippen LogP contribution in [0.2, 0.25) is 0 Å². The van der Waals surface area contributed by atoms with Crippen LogP contribution < -0.4 is 0 Å². The van der Waals surface area contributed by atoms with Crippen LogP contribution in [0.5, 0.6) is 0 Å². The van der Waals surface area contributed by atoms with Gasteiger partial charge in [-0.15, -0.1) is 11.3 Å². The third-order valence-electron chi connectivity index (χ3n) is 2.83. The predicted molar refractivity (Wildman–Crippen MR) is 83.4 cm³/mol. The van der Waals surface area contributed by atoms with Crippen molar-refractivity contribution in [2.24, 2.45) is 0 Å². The van der Waals surface area contributed by atoms with E-state index in [0.717, 1.165) is 0 Å². The summed E-state index contributed by atoms with van der Waals surface area (Å²) in [6, 6.07) is 8.79. The van der Waals surface area contributed by atoms with Crippen molar-refractivity contribution >= 4 is 43.2 Å². The molecule has 1 atom stereocenters. The van der Waals surface area contributed by atoms with E-state index >= 15 is 0 Å². The monoisotopic (exact) mass is 372 g/mol. The van der Waals surface area contributed by atoms with Gasteiger partial charge in [0.25, 0.3) is 0 Å². The summed E-state index contributed by atoms with van der Waals surface area (Å²) in [5, 5.41) is 0. The molecule has 0 spiro atoms. The smallest absolute Gasteiger partial charge is 0.0655 e. The topological polar surface area (TPSA) is 0 Å². The average molecular weight is 374 g/mol. The summed E-state index contributed by atoms with van der Waals surface area (Å²) in [5.41, 5.74) is 3.97.